The summed E-state index contributed by atoms with van der Waals surface area (Å²) in [5.41, 5.74) is 6.84. The Kier molecular flexibility index (Phi) is 5.95. The van der Waals surface area contributed by atoms with Crippen LogP contribution in [0.3, 0.4) is 0 Å². The van der Waals surface area contributed by atoms with Crippen molar-refractivity contribution in [1.29, 1.82) is 0 Å². The Morgan fingerprint density at radius 3 is 3.00 bits per heavy atom. The number of carbonyl (C=O) groups excluding carboxylic acids is 1. The largest absolute Gasteiger partial charge is 0.492 e. The van der Waals surface area contributed by atoms with Gasteiger partial charge in [-0.1, -0.05) is 11.6 Å². The first-order chi connectivity index (χ1) is 10.2. The van der Waals surface area contributed by atoms with Gasteiger partial charge in [-0.25, -0.2) is 0 Å². The average molecular weight is 345 g/mol. The molecule has 2 aliphatic heterocycles. The van der Waals surface area contributed by atoms with Gasteiger partial charge in [0, 0.05) is 24.2 Å². The van der Waals surface area contributed by atoms with Crippen LogP contribution in [0.25, 0.3) is 0 Å². The van der Waals surface area contributed by atoms with Crippen molar-refractivity contribution >= 4 is 29.9 Å². The minimum Gasteiger partial charge on any atom is -0.492 e. The van der Waals surface area contributed by atoms with E-state index in [0.717, 1.165) is 37.1 Å². The number of nitrogens with zero attached hydrogens (tertiary/aromatic N) is 1. The third-order valence-electron chi connectivity index (χ3n) is 4.46. The van der Waals surface area contributed by atoms with Crippen molar-refractivity contribution in [2.24, 2.45) is 11.7 Å². The van der Waals surface area contributed by atoms with Crippen LogP contribution in [-0.4, -0.2) is 36.5 Å². The molecule has 0 radical (unpaired) electrons. The number of likely N-dealkylation sites (tertiary alicyclic amines) is 1. The summed E-state index contributed by atoms with van der Waals surface area (Å²) in [6.45, 7) is 1.81. The number of piperidine rings is 1. The number of ether oxygens (including phenoxy) is 1. The van der Waals surface area contributed by atoms with Crippen molar-refractivity contribution in [3.8, 4) is 5.75 Å². The highest BCUT2D eigenvalue weighted by Gasteiger charge is 2.33. The minimum atomic E-state index is -0.122. The van der Waals surface area contributed by atoms with Crippen LogP contribution in [0.2, 0.25) is 5.02 Å². The number of nitrogens with two attached hydrogens (primary N) is 1. The molecule has 0 aliphatic carbocycles. The first-order valence-corrected chi connectivity index (χ1v) is 7.98. The smallest absolute Gasteiger partial charge is 0.229 e. The van der Waals surface area contributed by atoms with Gasteiger partial charge in [0.05, 0.1) is 5.92 Å². The van der Waals surface area contributed by atoms with Gasteiger partial charge in [-0.3, -0.25) is 4.79 Å². The number of hydrogen-bond acceptors (Lipinski definition) is 3. The molecular formula is C16H22Cl2N2O2. The monoisotopic (exact) mass is 344 g/mol. The zero-order chi connectivity index (χ0) is 14.8. The fourth-order valence-corrected chi connectivity index (χ4v) is 3.49. The molecule has 2 unspecified atom stereocenters. The molecule has 122 valence electrons. The van der Waals surface area contributed by atoms with E-state index in [1.165, 1.54) is 0 Å². The summed E-state index contributed by atoms with van der Waals surface area (Å²) in [6.07, 6.45) is 3.93. The number of fused-ring (bicyclic) bond motifs is 1. The third-order valence-corrected chi connectivity index (χ3v) is 4.70. The van der Waals surface area contributed by atoms with Crippen LogP contribution in [-0.2, 0) is 11.2 Å². The standard InChI is InChI=1S/C16H21ClN2O2.ClH/c17-13-4-5-15-11(8-13)7-12(10-21-15)16(20)19-6-2-1-3-14(19)9-18;/h4-5,8,12,14H,1-3,6-7,9-10,18H2;1H. The molecule has 2 aliphatic rings. The van der Waals surface area contributed by atoms with Crippen LogP contribution in [0.15, 0.2) is 18.2 Å². The van der Waals surface area contributed by atoms with Crippen LogP contribution in [0.1, 0.15) is 24.8 Å². The number of carbonyl (C=O) groups is 1. The van der Waals surface area contributed by atoms with Crippen molar-refractivity contribution in [3.63, 3.8) is 0 Å². The van der Waals surface area contributed by atoms with Gasteiger partial charge in [0.15, 0.2) is 0 Å². The molecule has 2 N–H and O–H groups in total. The van der Waals surface area contributed by atoms with Gasteiger partial charge in [-0.15, -0.1) is 12.4 Å². The third kappa shape index (κ3) is 3.50. The molecule has 4 nitrogen and oxygen atoms in total. The topological polar surface area (TPSA) is 55.6 Å². The molecule has 0 bridgehead atoms. The molecule has 1 amide bonds. The SMILES string of the molecule is Cl.NCC1CCCCN1C(=O)C1COc2ccc(Cl)cc2C1. The lowest BCUT2D eigenvalue weighted by Gasteiger charge is -2.38. The average Bonchev–Trinajstić information content (AvgIpc) is 2.53. The second-order valence-corrected chi connectivity index (χ2v) is 6.32. The summed E-state index contributed by atoms with van der Waals surface area (Å²) < 4.78 is 5.73. The van der Waals surface area contributed by atoms with E-state index >= 15 is 0 Å². The second kappa shape index (κ2) is 7.53. The highest BCUT2D eigenvalue weighted by molar-refractivity contribution is 6.30. The molecule has 1 saturated heterocycles. The van der Waals surface area contributed by atoms with Gasteiger partial charge in [-0.2, -0.15) is 0 Å². The Balaban J connectivity index is 0.00000176. The normalized spacial score (nSPS) is 24.0. The van der Waals surface area contributed by atoms with Crippen molar-refractivity contribution in [3.05, 3.63) is 28.8 Å². The number of rotatable bonds is 2. The van der Waals surface area contributed by atoms with E-state index in [1.807, 2.05) is 23.1 Å². The van der Waals surface area contributed by atoms with E-state index in [-0.39, 0.29) is 30.3 Å². The van der Waals surface area contributed by atoms with Crippen molar-refractivity contribution in [1.82, 2.24) is 4.90 Å². The fourth-order valence-electron chi connectivity index (χ4n) is 3.29. The van der Waals surface area contributed by atoms with Crippen LogP contribution in [0, 0.1) is 5.92 Å². The Morgan fingerprint density at radius 1 is 1.41 bits per heavy atom. The molecule has 22 heavy (non-hydrogen) atoms. The predicted octanol–water partition coefficient (Wildman–Crippen LogP) is 2.65. The summed E-state index contributed by atoms with van der Waals surface area (Å²) >= 11 is 6.03. The molecule has 2 atom stereocenters. The highest BCUT2D eigenvalue weighted by atomic mass is 35.5. The van der Waals surface area contributed by atoms with Gasteiger partial charge in [0.25, 0.3) is 0 Å². The Morgan fingerprint density at radius 2 is 2.23 bits per heavy atom. The molecule has 2 heterocycles. The van der Waals surface area contributed by atoms with E-state index in [2.05, 4.69) is 0 Å². The van der Waals surface area contributed by atoms with Gasteiger partial charge in [-0.05, 0) is 49.4 Å². The summed E-state index contributed by atoms with van der Waals surface area (Å²) in [6, 6.07) is 5.78. The number of hydrogen-bond donors (Lipinski definition) is 1. The van der Waals surface area contributed by atoms with E-state index in [1.54, 1.807) is 0 Å². The summed E-state index contributed by atoms with van der Waals surface area (Å²) in [5.74, 6) is 0.899. The van der Waals surface area contributed by atoms with E-state index in [9.17, 15) is 4.79 Å². The molecule has 1 aromatic rings. The molecule has 0 spiro atoms. The van der Waals surface area contributed by atoms with Crippen molar-refractivity contribution in [2.45, 2.75) is 31.7 Å². The maximum absolute atomic E-state index is 12.8. The fraction of sp³-hybridized carbons (Fsp3) is 0.562. The van der Waals surface area contributed by atoms with E-state index in [0.29, 0.717) is 24.6 Å². The van der Waals surface area contributed by atoms with Crippen LogP contribution >= 0.6 is 24.0 Å². The van der Waals surface area contributed by atoms with E-state index < -0.39 is 0 Å². The molecule has 0 saturated carbocycles. The lowest BCUT2D eigenvalue weighted by Crippen LogP contribution is -2.51. The Hall–Kier alpha value is -0.970. The van der Waals surface area contributed by atoms with Gasteiger partial charge >= 0.3 is 0 Å². The first-order valence-electron chi connectivity index (χ1n) is 7.61. The van der Waals surface area contributed by atoms with Crippen LogP contribution in [0.4, 0.5) is 0 Å². The molecule has 6 heteroatoms. The second-order valence-electron chi connectivity index (χ2n) is 5.88. The van der Waals surface area contributed by atoms with Crippen LogP contribution in [0.5, 0.6) is 5.75 Å². The Bertz CT molecular complexity index is 539. The lowest BCUT2D eigenvalue weighted by atomic mass is 9.93. The zero-order valence-corrected chi connectivity index (χ0v) is 14.0. The minimum absolute atomic E-state index is 0. The van der Waals surface area contributed by atoms with Gasteiger partial charge in [0.1, 0.15) is 12.4 Å². The van der Waals surface area contributed by atoms with Crippen LogP contribution < -0.4 is 10.5 Å². The maximum atomic E-state index is 12.8. The van der Waals surface area contributed by atoms with Gasteiger partial charge < -0.3 is 15.4 Å². The lowest BCUT2D eigenvalue weighted by molar-refractivity contribution is -0.140. The number of amides is 1. The molecular weight excluding hydrogens is 323 g/mol. The Labute approximate surface area is 142 Å². The summed E-state index contributed by atoms with van der Waals surface area (Å²) in [5, 5.41) is 0.684. The number of halogens is 2. The molecule has 1 aromatic carbocycles. The van der Waals surface area contributed by atoms with Gasteiger partial charge in [0.2, 0.25) is 5.91 Å². The van der Waals surface area contributed by atoms with Crippen molar-refractivity contribution < 1.29 is 9.53 Å². The summed E-state index contributed by atoms with van der Waals surface area (Å²) in [7, 11) is 0. The number of benzene rings is 1. The molecule has 1 fully saturated rings. The quantitative estimate of drug-likeness (QED) is 0.897. The predicted molar refractivity (Wildman–Crippen MR) is 89.8 cm³/mol. The summed E-state index contributed by atoms with van der Waals surface area (Å²) in [4.78, 5) is 14.7. The molecule has 0 aromatic heterocycles. The zero-order valence-electron chi connectivity index (χ0n) is 12.5. The van der Waals surface area contributed by atoms with Crippen molar-refractivity contribution in [2.75, 3.05) is 19.7 Å². The maximum Gasteiger partial charge on any atom is 0.229 e. The first kappa shape index (κ1) is 17.4. The highest BCUT2D eigenvalue weighted by Crippen LogP contribution is 2.31. The van der Waals surface area contributed by atoms with E-state index in [4.69, 9.17) is 22.1 Å². The molecule has 3 rings (SSSR count).